The van der Waals surface area contributed by atoms with E-state index in [-0.39, 0.29) is 11.5 Å². The molecule has 0 amide bonds. The summed E-state index contributed by atoms with van der Waals surface area (Å²) in [5, 5.41) is 8.41. The van der Waals surface area contributed by atoms with Crippen molar-refractivity contribution in [2.75, 3.05) is 12.9 Å². The van der Waals surface area contributed by atoms with Crippen LogP contribution in [-0.4, -0.2) is 28.8 Å². The van der Waals surface area contributed by atoms with Gasteiger partial charge in [-0.2, -0.15) is 0 Å². The van der Waals surface area contributed by atoms with Crippen molar-refractivity contribution in [1.29, 1.82) is 0 Å². The van der Waals surface area contributed by atoms with E-state index in [2.05, 4.69) is 10.2 Å². The predicted molar refractivity (Wildman–Crippen MR) is 97.3 cm³/mol. The maximum absolute atomic E-state index is 12.4. The number of thioether (sulfide) groups is 1. The van der Waals surface area contributed by atoms with E-state index < -0.39 is 0 Å². The summed E-state index contributed by atoms with van der Waals surface area (Å²) in [7, 11) is 1.61. The lowest BCUT2D eigenvalue weighted by molar-refractivity contribution is 0.102. The second-order valence-corrected chi connectivity index (χ2v) is 6.56. The molecule has 0 N–H and O–H groups in total. The van der Waals surface area contributed by atoms with Gasteiger partial charge in [-0.25, -0.2) is 0 Å². The highest BCUT2D eigenvalue weighted by Crippen LogP contribution is 2.25. The second-order valence-electron chi connectivity index (χ2n) is 5.63. The van der Waals surface area contributed by atoms with Crippen LogP contribution >= 0.6 is 11.8 Å². The van der Waals surface area contributed by atoms with Gasteiger partial charge in [0.1, 0.15) is 5.75 Å². The summed E-state index contributed by atoms with van der Waals surface area (Å²) in [6.45, 7) is 3.95. The molecule has 25 heavy (non-hydrogen) atoms. The average Bonchev–Trinajstić information content (AvgIpc) is 3.09. The summed E-state index contributed by atoms with van der Waals surface area (Å²) in [6, 6.07) is 13.2. The third-order valence-corrected chi connectivity index (χ3v) is 4.57. The summed E-state index contributed by atoms with van der Waals surface area (Å²) < 4.78 is 10.8. The number of ether oxygens (including phenoxy) is 1. The van der Waals surface area contributed by atoms with Crippen LogP contribution in [0.25, 0.3) is 11.5 Å². The Morgan fingerprint density at radius 3 is 2.56 bits per heavy atom. The fourth-order valence-corrected chi connectivity index (χ4v) is 3.10. The second kappa shape index (κ2) is 7.53. The Morgan fingerprint density at radius 1 is 1.12 bits per heavy atom. The summed E-state index contributed by atoms with van der Waals surface area (Å²) >= 11 is 1.24. The van der Waals surface area contributed by atoms with Gasteiger partial charge in [0.25, 0.3) is 5.22 Å². The quantitative estimate of drug-likeness (QED) is 0.485. The molecule has 0 spiro atoms. The molecule has 128 valence electrons. The summed E-state index contributed by atoms with van der Waals surface area (Å²) in [4.78, 5) is 12.4. The first-order valence-corrected chi connectivity index (χ1v) is 8.76. The van der Waals surface area contributed by atoms with Gasteiger partial charge in [0.2, 0.25) is 5.89 Å². The molecule has 1 heterocycles. The largest absolute Gasteiger partial charge is 0.497 e. The Labute approximate surface area is 150 Å². The highest BCUT2D eigenvalue weighted by atomic mass is 32.2. The van der Waals surface area contributed by atoms with Gasteiger partial charge in [-0.1, -0.05) is 35.5 Å². The Bertz CT molecular complexity index is 888. The van der Waals surface area contributed by atoms with E-state index in [1.54, 1.807) is 7.11 Å². The topological polar surface area (TPSA) is 65.2 Å². The van der Waals surface area contributed by atoms with Crippen molar-refractivity contribution >= 4 is 17.5 Å². The first-order valence-electron chi connectivity index (χ1n) is 7.78. The smallest absolute Gasteiger partial charge is 0.277 e. The van der Waals surface area contributed by atoms with Crippen molar-refractivity contribution in [1.82, 2.24) is 10.2 Å². The number of hydrogen-bond donors (Lipinski definition) is 0. The van der Waals surface area contributed by atoms with E-state index >= 15 is 0 Å². The number of carbonyl (C=O) groups excluding carboxylic acids is 1. The number of carbonyl (C=O) groups is 1. The highest BCUT2D eigenvalue weighted by Gasteiger charge is 2.14. The number of ketones is 1. The van der Waals surface area contributed by atoms with Crippen molar-refractivity contribution in [3.05, 3.63) is 59.2 Å². The van der Waals surface area contributed by atoms with Crippen LogP contribution in [0.4, 0.5) is 0 Å². The molecule has 0 aliphatic rings. The van der Waals surface area contributed by atoms with Gasteiger partial charge in [-0.05, 0) is 43.7 Å². The summed E-state index contributed by atoms with van der Waals surface area (Å²) in [5.74, 6) is 1.49. The van der Waals surface area contributed by atoms with E-state index in [4.69, 9.17) is 9.15 Å². The first-order chi connectivity index (χ1) is 12.1. The third kappa shape index (κ3) is 4.09. The minimum absolute atomic E-state index is 0.0479. The summed E-state index contributed by atoms with van der Waals surface area (Å²) in [5.41, 5.74) is 3.66. The van der Waals surface area contributed by atoms with Gasteiger partial charge in [0, 0.05) is 11.1 Å². The number of aryl methyl sites for hydroxylation is 2. The molecule has 2 aromatic carbocycles. The van der Waals surface area contributed by atoms with Gasteiger partial charge < -0.3 is 9.15 Å². The fourth-order valence-electron chi connectivity index (χ4n) is 2.45. The van der Waals surface area contributed by atoms with Crippen LogP contribution in [0.5, 0.6) is 5.75 Å². The van der Waals surface area contributed by atoms with Crippen molar-refractivity contribution in [2.24, 2.45) is 0 Å². The molecule has 0 aliphatic heterocycles. The fraction of sp³-hybridized carbons (Fsp3) is 0.211. The summed E-state index contributed by atoms with van der Waals surface area (Å²) in [6.07, 6.45) is 0. The van der Waals surface area contributed by atoms with Gasteiger partial charge in [0.05, 0.1) is 12.9 Å². The molecule has 0 radical (unpaired) electrons. The molecule has 3 aromatic rings. The van der Waals surface area contributed by atoms with Gasteiger partial charge in [-0.3, -0.25) is 4.79 Å². The minimum Gasteiger partial charge on any atom is -0.497 e. The zero-order valence-corrected chi connectivity index (χ0v) is 15.1. The van der Waals surface area contributed by atoms with Crippen molar-refractivity contribution < 1.29 is 13.9 Å². The standard InChI is InChI=1S/C19H18N2O3S/c1-12-4-9-16(13(2)10-12)17(22)11-25-19-21-20-18(24-19)14-5-7-15(23-3)8-6-14/h4-10H,11H2,1-3H3. The maximum atomic E-state index is 12.4. The molecule has 0 aliphatic carbocycles. The van der Waals surface area contributed by atoms with Crippen LogP contribution in [-0.2, 0) is 0 Å². The van der Waals surface area contributed by atoms with Crippen LogP contribution < -0.4 is 4.74 Å². The van der Waals surface area contributed by atoms with Crippen LogP contribution in [0.15, 0.2) is 52.1 Å². The molecule has 6 heteroatoms. The number of benzene rings is 2. The molecule has 1 aromatic heterocycles. The van der Waals surface area contributed by atoms with Gasteiger partial charge >= 0.3 is 0 Å². The zero-order valence-electron chi connectivity index (χ0n) is 14.3. The van der Waals surface area contributed by atoms with E-state index in [0.717, 1.165) is 28.0 Å². The van der Waals surface area contributed by atoms with E-state index in [0.29, 0.717) is 11.1 Å². The lowest BCUT2D eigenvalue weighted by atomic mass is 10.0. The molecule has 0 saturated carbocycles. The average molecular weight is 354 g/mol. The molecule has 0 unspecified atom stereocenters. The lowest BCUT2D eigenvalue weighted by Gasteiger charge is -2.04. The van der Waals surface area contributed by atoms with Gasteiger partial charge in [0.15, 0.2) is 5.78 Å². The van der Waals surface area contributed by atoms with E-state index in [1.807, 2.05) is 56.3 Å². The van der Waals surface area contributed by atoms with Gasteiger partial charge in [-0.15, -0.1) is 10.2 Å². The monoisotopic (exact) mass is 354 g/mol. The predicted octanol–water partition coefficient (Wildman–Crippen LogP) is 4.34. The SMILES string of the molecule is COc1ccc(-c2nnc(SCC(=O)c3ccc(C)cc3C)o2)cc1. The molecule has 0 atom stereocenters. The Kier molecular flexibility index (Phi) is 5.19. The normalized spacial score (nSPS) is 10.7. The molecule has 0 fully saturated rings. The van der Waals surface area contributed by atoms with Crippen LogP contribution in [0, 0.1) is 13.8 Å². The number of rotatable bonds is 6. The zero-order chi connectivity index (χ0) is 17.8. The van der Waals surface area contributed by atoms with Crippen molar-refractivity contribution in [3.63, 3.8) is 0 Å². The Hall–Kier alpha value is -2.60. The van der Waals surface area contributed by atoms with E-state index in [9.17, 15) is 4.79 Å². The molecule has 5 nitrogen and oxygen atoms in total. The molecular formula is C19H18N2O3S. The molecule has 0 saturated heterocycles. The van der Waals surface area contributed by atoms with Crippen LogP contribution in [0.3, 0.4) is 0 Å². The number of methoxy groups -OCH3 is 1. The minimum atomic E-state index is 0.0479. The number of aromatic nitrogens is 2. The third-order valence-electron chi connectivity index (χ3n) is 3.75. The van der Waals surface area contributed by atoms with Crippen LogP contribution in [0.1, 0.15) is 21.5 Å². The number of hydrogen-bond acceptors (Lipinski definition) is 6. The van der Waals surface area contributed by atoms with E-state index in [1.165, 1.54) is 11.8 Å². The molecule has 3 rings (SSSR count). The number of nitrogens with zero attached hydrogens (tertiary/aromatic N) is 2. The Morgan fingerprint density at radius 2 is 1.88 bits per heavy atom. The highest BCUT2D eigenvalue weighted by molar-refractivity contribution is 7.99. The first kappa shape index (κ1) is 17.2. The van der Waals surface area contributed by atoms with Crippen molar-refractivity contribution in [2.45, 2.75) is 19.1 Å². The Balaban J connectivity index is 1.66. The van der Waals surface area contributed by atoms with Crippen molar-refractivity contribution in [3.8, 4) is 17.2 Å². The van der Waals surface area contributed by atoms with Crippen LogP contribution in [0.2, 0.25) is 0 Å². The lowest BCUT2D eigenvalue weighted by Crippen LogP contribution is -2.04. The number of Topliss-reactive ketones (excluding diaryl/α,β-unsaturated/α-hetero) is 1. The maximum Gasteiger partial charge on any atom is 0.277 e. The molecule has 0 bridgehead atoms. The molecular weight excluding hydrogens is 336 g/mol.